The van der Waals surface area contributed by atoms with Gasteiger partial charge in [-0.2, -0.15) is 0 Å². The van der Waals surface area contributed by atoms with Crippen molar-refractivity contribution in [1.29, 1.82) is 0 Å². The second-order valence-corrected chi connectivity index (χ2v) is 8.06. The van der Waals surface area contributed by atoms with Crippen LogP contribution in [0.15, 0.2) is 23.1 Å². The molecule has 0 fully saturated rings. The predicted molar refractivity (Wildman–Crippen MR) is 86.2 cm³/mol. The molecule has 0 radical (unpaired) electrons. The predicted octanol–water partition coefficient (Wildman–Crippen LogP) is 3.04. The molecule has 114 valence electrons. The van der Waals surface area contributed by atoms with E-state index in [0.29, 0.717) is 5.69 Å². The van der Waals surface area contributed by atoms with Gasteiger partial charge in [-0.1, -0.05) is 11.6 Å². The van der Waals surface area contributed by atoms with Gasteiger partial charge < -0.3 is 5.73 Å². The normalized spacial score (nSPS) is 13.3. The minimum Gasteiger partial charge on any atom is -0.398 e. The van der Waals surface area contributed by atoms with Crippen LogP contribution in [0, 0.1) is 13.8 Å². The molecule has 0 aliphatic rings. The van der Waals surface area contributed by atoms with Crippen LogP contribution < -0.4 is 10.5 Å². The lowest BCUT2D eigenvalue weighted by molar-refractivity contribution is 0.568. The lowest BCUT2D eigenvalue weighted by atomic mass is 10.2. The van der Waals surface area contributed by atoms with E-state index in [9.17, 15) is 8.42 Å². The number of hydrogen-bond acceptors (Lipinski definition) is 5. The molecular formula is C13H16ClN3O2S2. The third kappa shape index (κ3) is 3.55. The molecule has 0 aliphatic heterocycles. The summed E-state index contributed by atoms with van der Waals surface area (Å²) in [6.45, 7) is 5.54. The van der Waals surface area contributed by atoms with Gasteiger partial charge in [0.2, 0.25) is 10.0 Å². The Labute approximate surface area is 133 Å². The number of anilines is 1. The fourth-order valence-electron chi connectivity index (χ4n) is 1.98. The molecule has 0 bridgehead atoms. The average molecular weight is 346 g/mol. The summed E-state index contributed by atoms with van der Waals surface area (Å²) in [5, 5.41) is 1.12. The molecule has 2 aromatic rings. The number of benzene rings is 1. The van der Waals surface area contributed by atoms with Crippen LogP contribution >= 0.6 is 22.9 Å². The van der Waals surface area contributed by atoms with Crippen molar-refractivity contribution in [3.05, 3.63) is 38.8 Å². The number of nitrogens with one attached hydrogen (secondary N) is 1. The number of aryl methyl sites for hydroxylation is 2. The summed E-state index contributed by atoms with van der Waals surface area (Å²) in [5.74, 6) is 0. The van der Waals surface area contributed by atoms with Gasteiger partial charge in [0.25, 0.3) is 0 Å². The molecular weight excluding hydrogens is 330 g/mol. The number of nitrogens with two attached hydrogens (primary N) is 1. The summed E-state index contributed by atoms with van der Waals surface area (Å²) in [6.07, 6.45) is 0. The van der Waals surface area contributed by atoms with E-state index in [1.807, 2.05) is 13.8 Å². The molecule has 0 saturated heterocycles. The Morgan fingerprint density at radius 2 is 2.05 bits per heavy atom. The molecule has 0 aliphatic carbocycles. The SMILES string of the molecule is Cc1nc(C)c(C(C)NS(=O)(=O)c2ccc(N)c(Cl)c2)s1. The zero-order chi connectivity index (χ0) is 15.8. The van der Waals surface area contributed by atoms with Crippen molar-refractivity contribution >= 4 is 38.6 Å². The Balaban J connectivity index is 2.28. The summed E-state index contributed by atoms with van der Waals surface area (Å²) in [6, 6.07) is 3.89. The maximum Gasteiger partial charge on any atom is 0.241 e. The van der Waals surface area contributed by atoms with Gasteiger partial charge in [-0.15, -0.1) is 11.3 Å². The fourth-order valence-corrected chi connectivity index (χ4v) is 4.47. The van der Waals surface area contributed by atoms with Crippen LogP contribution in [-0.4, -0.2) is 13.4 Å². The lowest BCUT2D eigenvalue weighted by Crippen LogP contribution is -2.26. The summed E-state index contributed by atoms with van der Waals surface area (Å²) in [7, 11) is -3.67. The quantitative estimate of drug-likeness (QED) is 0.834. The Morgan fingerprint density at radius 3 is 2.57 bits per heavy atom. The zero-order valence-corrected chi connectivity index (χ0v) is 14.2. The molecule has 1 aromatic heterocycles. The first kappa shape index (κ1) is 16.2. The largest absolute Gasteiger partial charge is 0.398 e. The second kappa shape index (κ2) is 5.92. The first-order valence-electron chi connectivity index (χ1n) is 6.22. The molecule has 2 rings (SSSR count). The molecule has 0 amide bonds. The average Bonchev–Trinajstić information content (AvgIpc) is 2.71. The third-order valence-corrected chi connectivity index (χ3v) is 6.07. The Hall–Kier alpha value is -1.15. The van der Waals surface area contributed by atoms with Crippen LogP contribution in [0.3, 0.4) is 0 Å². The van der Waals surface area contributed by atoms with E-state index in [-0.39, 0.29) is 16.0 Å². The van der Waals surface area contributed by atoms with Gasteiger partial charge in [0.05, 0.1) is 32.3 Å². The molecule has 5 nitrogen and oxygen atoms in total. The standard InChI is InChI=1S/C13H16ClN3O2S2/c1-7-13(20-9(3)16-7)8(2)17-21(18,19)10-4-5-12(15)11(14)6-10/h4-6,8,17H,15H2,1-3H3. The second-order valence-electron chi connectivity index (χ2n) is 4.71. The number of sulfonamides is 1. The van der Waals surface area contributed by atoms with Crippen molar-refractivity contribution in [3.8, 4) is 0 Å². The van der Waals surface area contributed by atoms with Gasteiger partial charge in [0.15, 0.2) is 0 Å². The Bertz CT molecular complexity index is 772. The van der Waals surface area contributed by atoms with Gasteiger partial charge in [0.1, 0.15) is 0 Å². The minimum absolute atomic E-state index is 0.0902. The number of nitrogens with zero attached hydrogens (tertiary/aromatic N) is 1. The molecule has 0 saturated carbocycles. The molecule has 0 spiro atoms. The highest BCUT2D eigenvalue weighted by molar-refractivity contribution is 7.89. The summed E-state index contributed by atoms with van der Waals surface area (Å²) in [5.41, 5.74) is 6.77. The fraction of sp³-hybridized carbons (Fsp3) is 0.308. The van der Waals surface area contributed by atoms with E-state index in [1.165, 1.54) is 29.5 Å². The highest BCUT2D eigenvalue weighted by Crippen LogP contribution is 2.27. The summed E-state index contributed by atoms with van der Waals surface area (Å²) in [4.78, 5) is 5.30. The highest BCUT2D eigenvalue weighted by atomic mass is 35.5. The van der Waals surface area contributed by atoms with Crippen LogP contribution in [0.5, 0.6) is 0 Å². The van der Waals surface area contributed by atoms with E-state index >= 15 is 0 Å². The maximum absolute atomic E-state index is 12.4. The Kier molecular flexibility index (Phi) is 4.57. The molecule has 1 atom stereocenters. The number of hydrogen-bond donors (Lipinski definition) is 2. The van der Waals surface area contributed by atoms with E-state index in [1.54, 1.807) is 6.92 Å². The molecule has 8 heteroatoms. The lowest BCUT2D eigenvalue weighted by Gasteiger charge is -2.14. The molecule has 3 N–H and O–H groups in total. The van der Waals surface area contributed by atoms with Crippen molar-refractivity contribution in [2.75, 3.05) is 5.73 Å². The van der Waals surface area contributed by atoms with Gasteiger partial charge >= 0.3 is 0 Å². The first-order chi connectivity index (χ1) is 9.70. The number of rotatable bonds is 4. The van der Waals surface area contributed by atoms with Crippen LogP contribution in [0.4, 0.5) is 5.69 Å². The zero-order valence-electron chi connectivity index (χ0n) is 11.8. The molecule has 1 heterocycles. The van der Waals surface area contributed by atoms with Gasteiger partial charge in [0, 0.05) is 4.88 Å². The van der Waals surface area contributed by atoms with Crippen molar-refractivity contribution < 1.29 is 8.42 Å². The number of aromatic nitrogens is 1. The number of nitrogen functional groups attached to an aromatic ring is 1. The van der Waals surface area contributed by atoms with Crippen LogP contribution in [0.2, 0.25) is 5.02 Å². The molecule has 1 aromatic carbocycles. The number of halogens is 1. The van der Waals surface area contributed by atoms with Gasteiger partial charge in [-0.05, 0) is 39.0 Å². The van der Waals surface area contributed by atoms with E-state index in [4.69, 9.17) is 17.3 Å². The smallest absolute Gasteiger partial charge is 0.241 e. The van der Waals surface area contributed by atoms with Gasteiger partial charge in [-0.3, -0.25) is 0 Å². The van der Waals surface area contributed by atoms with Crippen molar-refractivity contribution in [2.45, 2.75) is 31.7 Å². The maximum atomic E-state index is 12.4. The van der Waals surface area contributed by atoms with E-state index in [2.05, 4.69) is 9.71 Å². The van der Waals surface area contributed by atoms with Crippen LogP contribution in [-0.2, 0) is 10.0 Å². The van der Waals surface area contributed by atoms with Crippen molar-refractivity contribution in [3.63, 3.8) is 0 Å². The Morgan fingerprint density at radius 1 is 1.38 bits per heavy atom. The summed E-state index contributed by atoms with van der Waals surface area (Å²) >= 11 is 7.36. The van der Waals surface area contributed by atoms with E-state index < -0.39 is 10.0 Å². The van der Waals surface area contributed by atoms with Crippen LogP contribution in [0.1, 0.15) is 28.5 Å². The van der Waals surface area contributed by atoms with Gasteiger partial charge in [-0.25, -0.2) is 18.1 Å². The third-order valence-electron chi connectivity index (χ3n) is 2.95. The molecule has 1 unspecified atom stereocenters. The van der Waals surface area contributed by atoms with Crippen LogP contribution in [0.25, 0.3) is 0 Å². The minimum atomic E-state index is -3.67. The highest BCUT2D eigenvalue weighted by Gasteiger charge is 2.21. The number of thiazole rings is 1. The topological polar surface area (TPSA) is 85.1 Å². The van der Waals surface area contributed by atoms with Crippen molar-refractivity contribution in [1.82, 2.24) is 9.71 Å². The van der Waals surface area contributed by atoms with Crippen molar-refractivity contribution in [2.24, 2.45) is 0 Å². The monoisotopic (exact) mass is 345 g/mol. The summed E-state index contributed by atoms with van der Waals surface area (Å²) < 4.78 is 27.4. The van der Waals surface area contributed by atoms with E-state index in [0.717, 1.165) is 15.6 Å². The first-order valence-corrected chi connectivity index (χ1v) is 8.90. The molecule has 21 heavy (non-hydrogen) atoms.